The van der Waals surface area contributed by atoms with Gasteiger partial charge in [-0.15, -0.1) is 0 Å². The van der Waals surface area contributed by atoms with Crippen molar-refractivity contribution in [1.29, 1.82) is 0 Å². The molecule has 1 fully saturated rings. The third kappa shape index (κ3) is 2.21. The van der Waals surface area contributed by atoms with Crippen molar-refractivity contribution in [2.24, 2.45) is 0 Å². The molecule has 0 aliphatic carbocycles. The second kappa shape index (κ2) is 4.77. The molecular weight excluding hydrogens is 234 g/mol. The second-order valence-electron chi connectivity index (χ2n) is 4.36. The van der Waals surface area contributed by atoms with Crippen LogP contribution in [0.3, 0.4) is 0 Å². The quantitative estimate of drug-likeness (QED) is 0.720. The molecule has 3 N–H and O–H groups in total. The summed E-state index contributed by atoms with van der Waals surface area (Å²) in [5.74, 6) is 1.20. The van der Waals surface area contributed by atoms with Crippen molar-refractivity contribution in [2.45, 2.75) is 18.9 Å². The van der Waals surface area contributed by atoms with Gasteiger partial charge in [0.15, 0.2) is 11.6 Å². The van der Waals surface area contributed by atoms with Gasteiger partial charge in [0.25, 0.3) is 0 Å². The Labute approximate surface area is 104 Å². The lowest BCUT2D eigenvalue weighted by molar-refractivity contribution is -0.114. The lowest BCUT2D eigenvalue weighted by atomic mass is 10.2. The fraction of sp³-hybridized carbons (Fsp3) is 0.545. The summed E-state index contributed by atoms with van der Waals surface area (Å²) in [4.78, 5) is 19.6. The Morgan fingerprint density at radius 3 is 3.28 bits per heavy atom. The van der Waals surface area contributed by atoms with Gasteiger partial charge in [-0.1, -0.05) is 0 Å². The molecular formula is C11H15N5O2. The Bertz CT molecular complexity index is 459. The van der Waals surface area contributed by atoms with E-state index in [-0.39, 0.29) is 18.6 Å². The molecule has 0 bridgehead atoms. The number of amides is 1. The van der Waals surface area contributed by atoms with Crippen LogP contribution >= 0.6 is 0 Å². The molecule has 96 valence electrons. The molecule has 0 aromatic carbocycles. The first-order valence-corrected chi connectivity index (χ1v) is 6.07. The van der Waals surface area contributed by atoms with E-state index in [9.17, 15) is 4.79 Å². The number of anilines is 3. The lowest BCUT2D eigenvalue weighted by Crippen LogP contribution is -2.29. The van der Waals surface area contributed by atoms with E-state index in [0.29, 0.717) is 23.9 Å². The summed E-state index contributed by atoms with van der Waals surface area (Å²) in [6, 6.07) is 0. The maximum atomic E-state index is 11.4. The number of fused-ring (bicyclic) bond motifs is 1. The van der Waals surface area contributed by atoms with Gasteiger partial charge in [-0.2, -0.15) is 0 Å². The number of nitrogens with zero attached hydrogens (tertiary/aromatic N) is 2. The van der Waals surface area contributed by atoms with Crippen LogP contribution in [0.5, 0.6) is 0 Å². The molecule has 0 unspecified atom stereocenters. The van der Waals surface area contributed by atoms with Crippen LogP contribution in [0.2, 0.25) is 0 Å². The average Bonchev–Trinajstić information content (AvgIpc) is 2.89. The van der Waals surface area contributed by atoms with Crippen LogP contribution in [0.15, 0.2) is 6.33 Å². The highest BCUT2D eigenvalue weighted by Gasteiger charge is 2.21. The van der Waals surface area contributed by atoms with Crippen LogP contribution in [-0.2, 0) is 9.53 Å². The standard InChI is InChI=1S/C11H15N5O2/c17-8-5-13-11-9(16-8)10(14-6-15-11)12-4-7-2-1-3-18-7/h6-7H,1-5H2,(H,16,17)(H2,12,13,14,15)/t7-/m0/s1. The van der Waals surface area contributed by atoms with Gasteiger partial charge in [0.1, 0.15) is 12.0 Å². The molecule has 0 spiro atoms. The molecule has 3 heterocycles. The van der Waals surface area contributed by atoms with E-state index in [4.69, 9.17) is 4.74 Å². The lowest BCUT2D eigenvalue weighted by Gasteiger charge is -2.20. The van der Waals surface area contributed by atoms with E-state index in [1.807, 2.05) is 0 Å². The maximum absolute atomic E-state index is 11.4. The van der Waals surface area contributed by atoms with Gasteiger partial charge in [-0.3, -0.25) is 4.79 Å². The van der Waals surface area contributed by atoms with Gasteiger partial charge in [0.05, 0.1) is 12.6 Å². The number of aromatic nitrogens is 2. The van der Waals surface area contributed by atoms with Crippen LogP contribution in [0.4, 0.5) is 17.3 Å². The molecule has 3 rings (SSSR count). The Hall–Kier alpha value is -1.89. The molecule has 0 radical (unpaired) electrons. The van der Waals surface area contributed by atoms with Crippen molar-refractivity contribution >= 4 is 23.2 Å². The first-order chi connectivity index (χ1) is 8.83. The van der Waals surface area contributed by atoms with E-state index < -0.39 is 0 Å². The normalized spacial score (nSPS) is 22.0. The molecule has 18 heavy (non-hydrogen) atoms. The number of hydrogen-bond donors (Lipinski definition) is 3. The topological polar surface area (TPSA) is 88.2 Å². The summed E-state index contributed by atoms with van der Waals surface area (Å²) in [6.45, 7) is 1.76. The summed E-state index contributed by atoms with van der Waals surface area (Å²) >= 11 is 0. The Morgan fingerprint density at radius 2 is 2.44 bits per heavy atom. The SMILES string of the molecule is O=C1CNc2ncnc(NC[C@@H]3CCCO3)c2N1. The van der Waals surface area contributed by atoms with E-state index in [1.54, 1.807) is 0 Å². The molecule has 1 aromatic heterocycles. The van der Waals surface area contributed by atoms with Crippen molar-refractivity contribution in [1.82, 2.24) is 9.97 Å². The van der Waals surface area contributed by atoms with Crippen LogP contribution < -0.4 is 16.0 Å². The molecule has 1 atom stereocenters. The fourth-order valence-electron chi connectivity index (χ4n) is 2.14. The summed E-state index contributed by atoms with van der Waals surface area (Å²) in [7, 11) is 0. The minimum absolute atomic E-state index is 0.0857. The number of hydrogen-bond acceptors (Lipinski definition) is 6. The van der Waals surface area contributed by atoms with Gasteiger partial charge in [-0.05, 0) is 12.8 Å². The van der Waals surface area contributed by atoms with E-state index in [0.717, 1.165) is 19.4 Å². The summed E-state index contributed by atoms with van der Waals surface area (Å²) in [5.41, 5.74) is 0.617. The zero-order valence-electron chi connectivity index (χ0n) is 9.90. The van der Waals surface area contributed by atoms with Crippen molar-refractivity contribution in [2.75, 3.05) is 35.6 Å². The third-order valence-corrected chi connectivity index (χ3v) is 3.05. The molecule has 7 nitrogen and oxygen atoms in total. The molecule has 2 aliphatic rings. The first kappa shape index (κ1) is 11.2. The Balaban J connectivity index is 1.73. The van der Waals surface area contributed by atoms with E-state index in [2.05, 4.69) is 25.9 Å². The van der Waals surface area contributed by atoms with Gasteiger partial charge >= 0.3 is 0 Å². The van der Waals surface area contributed by atoms with Crippen LogP contribution in [0.1, 0.15) is 12.8 Å². The summed E-state index contributed by atoms with van der Waals surface area (Å²) < 4.78 is 5.53. The van der Waals surface area contributed by atoms with Crippen molar-refractivity contribution in [3.05, 3.63) is 6.33 Å². The average molecular weight is 249 g/mol. The Kier molecular flexibility index (Phi) is 2.97. The van der Waals surface area contributed by atoms with Crippen molar-refractivity contribution in [3.8, 4) is 0 Å². The molecule has 0 saturated carbocycles. The number of nitrogens with one attached hydrogen (secondary N) is 3. The van der Waals surface area contributed by atoms with Gasteiger partial charge in [0, 0.05) is 13.2 Å². The highest BCUT2D eigenvalue weighted by molar-refractivity contribution is 6.02. The van der Waals surface area contributed by atoms with Crippen LogP contribution in [0, 0.1) is 0 Å². The molecule has 2 aliphatic heterocycles. The highest BCUT2D eigenvalue weighted by Crippen LogP contribution is 2.28. The number of carbonyl (C=O) groups excluding carboxylic acids is 1. The van der Waals surface area contributed by atoms with Crippen molar-refractivity contribution < 1.29 is 9.53 Å². The minimum Gasteiger partial charge on any atom is -0.376 e. The van der Waals surface area contributed by atoms with Gasteiger partial charge < -0.3 is 20.7 Å². The molecule has 1 amide bonds. The predicted octanol–water partition coefficient (Wildman–Crippen LogP) is 0.431. The zero-order chi connectivity index (χ0) is 12.4. The Morgan fingerprint density at radius 1 is 1.50 bits per heavy atom. The first-order valence-electron chi connectivity index (χ1n) is 6.07. The van der Waals surface area contributed by atoms with Crippen LogP contribution in [0.25, 0.3) is 0 Å². The molecule has 7 heteroatoms. The molecule has 1 aromatic rings. The van der Waals surface area contributed by atoms with Gasteiger partial charge in [-0.25, -0.2) is 9.97 Å². The number of ether oxygens (including phenoxy) is 1. The van der Waals surface area contributed by atoms with Crippen molar-refractivity contribution in [3.63, 3.8) is 0 Å². The van der Waals surface area contributed by atoms with E-state index in [1.165, 1.54) is 6.33 Å². The van der Waals surface area contributed by atoms with Gasteiger partial charge in [0.2, 0.25) is 5.91 Å². The smallest absolute Gasteiger partial charge is 0.243 e. The monoisotopic (exact) mass is 249 g/mol. The summed E-state index contributed by atoms with van der Waals surface area (Å²) in [6.07, 6.45) is 3.86. The largest absolute Gasteiger partial charge is 0.376 e. The van der Waals surface area contributed by atoms with E-state index >= 15 is 0 Å². The number of rotatable bonds is 3. The summed E-state index contributed by atoms with van der Waals surface area (Å²) in [5, 5.41) is 8.92. The maximum Gasteiger partial charge on any atom is 0.243 e. The number of carbonyl (C=O) groups is 1. The predicted molar refractivity (Wildman–Crippen MR) is 66.6 cm³/mol. The second-order valence-corrected chi connectivity index (χ2v) is 4.36. The highest BCUT2D eigenvalue weighted by atomic mass is 16.5. The minimum atomic E-state index is -0.0857. The zero-order valence-corrected chi connectivity index (χ0v) is 9.90. The van der Waals surface area contributed by atoms with Crippen LogP contribution in [-0.4, -0.2) is 41.7 Å². The fourth-order valence-corrected chi connectivity index (χ4v) is 2.14. The third-order valence-electron chi connectivity index (χ3n) is 3.05. The molecule has 1 saturated heterocycles.